The maximum absolute atomic E-state index is 12.3. The Hall–Kier alpha value is -1.60. The maximum Gasteiger partial charge on any atom is 0.304 e. The van der Waals surface area contributed by atoms with Crippen molar-refractivity contribution >= 4 is 16.0 Å². The number of benzene rings is 1. The van der Waals surface area contributed by atoms with Crippen LogP contribution in [-0.4, -0.2) is 32.6 Å². The highest BCUT2D eigenvalue weighted by molar-refractivity contribution is 7.89. The van der Waals surface area contributed by atoms with Crippen molar-refractivity contribution in [1.82, 2.24) is 4.72 Å². The molecule has 1 aromatic carbocycles. The van der Waals surface area contributed by atoms with Gasteiger partial charge in [-0.3, -0.25) is 4.79 Å². The van der Waals surface area contributed by atoms with Crippen LogP contribution in [0.25, 0.3) is 0 Å². The molecule has 0 heterocycles. The molecule has 1 atom stereocenters. The van der Waals surface area contributed by atoms with E-state index in [0.29, 0.717) is 16.9 Å². The van der Waals surface area contributed by atoms with Gasteiger partial charge in [0.15, 0.2) is 0 Å². The van der Waals surface area contributed by atoms with E-state index in [2.05, 4.69) is 4.72 Å². The second-order valence-electron chi connectivity index (χ2n) is 4.71. The largest absolute Gasteiger partial charge is 0.497 e. The van der Waals surface area contributed by atoms with Gasteiger partial charge in [-0.1, -0.05) is 0 Å². The zero-order valence-corrected chi connectivity index (χ0v) is 12.7. The fraction of sp³-hybridized carbons (Fsp3) is 0.462. The van der Waals surface area contributed by atoms with Crippen molar-refractivity contribution in [1.29, 1.82) is 0 Å². The third-order valence-corrected chi connectivity index (χ3v) is 4.67. The number of aliphatic carboxylic acids is 1. The molecule has 0 aliphatic rings. The number of rotatable bonds is 6. The lowest BCUT2D eigenvalue weighted by molar-refractivity contribution is -0.137. The first-order valence-electron chi connectivity index (χ1n) is 6.06. The van der Waals surface area contributed by atoms with Crippen LogP contribution >= 0.6 is 0 Å². The minimum absolute atomic E-state index is 0.163. The van der Waals surface area contributed by atoms with Gasteiger partial charge in [-0.25, -0.2) is 13.1 Å². The Morgan fingerprint density at radius 3 is 2.25 bits per heavy atom. The smallest absolute Gasteiger partial charge is 0.304 e. The molecule has 0 saturated heterocycles. The van der Waals surface area contributed by atoms with Gasteiger partial charge in [-0.05, 0) is 44.0 Å². The zero-order chi connectivity index (χ0) is 15.5. The second-order valence-corrected chi connectivity index (χ2v) is 6.36. The quantitative estimate of drug-likeness (QED) is 0.829. The van der Waals surface area contributed by atoms with Crippen LogP contribution in [0, 0.1) is 13.8 Å². The van der Waals surface area contributed by atoms with Gasteiger partial charge in [-0.2, -0.15) is 0 Å². The average Bonchev–Trinajstić information content (AvgIpc) is 2.24. The Bertz CT molecular complexity index is 586. The Labute approximate surface area is 118 Å². The third-order valence-electron chi connectivity index (χ3n) is 2.78. The van der Waals surface area contributed by atoms with Crippen LogP contribution in [0.4, 0.5) is 0 Å². The number of aryl methyl sites for hydroxylation is 2. The van der Waals surface area contributed by atoms with Crippen LogP contribution in [0.5, 0.6) is 5.75 Å². The third kappa shape index (κ3) is 3.94. The Balaban J connectivity index is 3.13. The van der Waals surface area contributed by atoms with E-state index in [4.69, 9.17) is 9.84 Å². The Kier molecular flexibility index (Phi) is 5.13. The molecule has 0 amide bonds. The van der Waals surface area contributed by atoms with Gasteiger partial charge < -0.3 is 9.84 Å². The number of ether oxygens (including phenoxy) is 1. The van der Waals surface area contributed by atoms with Crippen molar-refractivity contribution in [3.8, 4) is 5.75 Å². The molecule has 0 aliphatic heterocycles. The van der Waals surface area contributed by atoms with Crippen molar-refractivity contribution in [2.75, 3.05) is 7.11 Å². The van der Waals surface area contributed by atoms with E-state index >= 15 is 0 Å². The highest BCUT2D eigenvalue weighted by Gasteiger charge is 2.23. The predicted octanol–water partition coefficient (Wildman–Crippen LogP) is 1.45. The number of carboxylic acids is 1. The molecule has 0 radical (unpaired) electrons. The van der Waals surface area contributed by atoms with E-state index in [9.17, 15) is 13.2 Å². The number of hydrogen-bond donors (Lipinski definition) is 2. The summed E-state index contributed by atoms with van der Waals surface area (Å²) in [7, 11) is -2.25. The molecule has 1 rings (SSSR count). The number of carboxylic acid groups (broad SMARTS) is 1. The summed E-state index contributed by atoms with van der Waals surface area (Å²) in [5.74, 6) is -0.471. The summed E-state index contributed by atoms with van der Waals surface area (Å²) in [6.45, 7) is 4.86. The minimum Gasteiger partial charge on any atom is -0.497 e. The summed E-state index contributed by atoms with van der Waals surface area (Å²) < 4.78 is 32.1. The van der Waals surface area contributed by atoms with E-state index in [-0.39, 0.29) is 11.3 Å². The van der Waals surface area contributed by atoms with Crippen molar-refractivity contribution in [2.45, 2.75) is 38.1 Å². The summed E-state index contributed by atoms with van der Waals surface area (Å²) in [5.41, 5.74) is 1.11. The topological polar surface area (TPSA) is 92.7 Å². The van der Waals surface area contributed by atoms with Crippen molar-refractivity contribution < 1.29 is 23.1 Å². The summed E-state index contributed by atoms with van der Waals surface area (Å²) in [5, 5.41) is 8.68. The molecule has 0 spiro atoms. The molecular weight excluding hydrogens is 282 g/mol. The SMILES string of the molecule is COc1cc(C)c(S(=O)(=O)NC(C)CC(=O)O)c(C)c1. The van der Waals surface area contributed by atoms with Gasteiger partial charge in [0.05, 0.1) is 18.4 Å². The van der Waals surface area contributed by atoms with E-state index < -0.39 is 22.0 Å². The molecule has 0 fully saturated rings. The highest BCUT2D eigenvalue weighted by Crippen LogP contribution is 2.25. The Morgan fingerprint density at radius 1 is 1.35 bits per heavy atom. The standard InChI is InChI=1S/C13H19NO5S/c1-8-5-11(19-4)6-9(2)13(8)20(17,18)14-10(3)7-12(15)16/h5-6,10,14H,7H2,1-4H3,(H,15,16). The molecule has 7 heteroatoms. The van der Waals surface area contributed by atoms with Crippen LogP contribution in [0.1, 0.15) is 24.5 Å². The molecule has 0 aromatic heterocycles. The summed E-state index contributed by atoms with van der Waals surface area (Å²) in [6, 6.07) is 2.57. The molecular formula is C13H19NO5S. The summed E-state index contributed by atoms with van der Waals surface area (Å²) >= 11 is 0. The number of hydrogen-bond acceptors (Lipinski definition) is 4. The normalized spacial score (nSPS) is 13.0. The Morgan fingerprint density at radius 2 is 1.85 bits per heavy atom. The fourth-order valence-electron chi connectivity index (χ4n) is 2.08. The van der Waals surface area contributed by atoms with Gasteiger partial charge in [-0.15, -0.1) is 0 Å². The first-order chi connectivity index (χ1) is 9.17. The minimum atomic E-state index is -3.76. The highest BCUT2D eigenvalue weighted by atomic mass is 32.2. The molecule has 0 aliphatic carbocycles. The van der Waals surface area contributed by atoms with Crippen LogP contribution in [0.2, 0.25) is 0 Å². The average molecular weight is 301 g/mol. The molecule has 2 N–H and O–H groups in total. The van der Waals surface area contributed by atoms with Crippen molar-refractivity contribution in [2.24, 2.45) is 0 Å². The number of nitrogens with one attached hydrogen (secondary N) is 1. The van der Waals surface area contributed by atoms with E-state index in [0.717, 1.165) is 0 Å². The fourth-order valence-corrected chi connectivity index (χ4v) is 3.78. The van der Waals surface area contributed by atoms with Gasteiger partial charge in [0.1, 0.15) is 5.75 Å². The second kappa shape index (κ2) is 6.23. The van der Waals surface area contributed by atoms with E-state index in [1.54, 1.807) is 26.0 Å². The van der Waals surface area contributed by atoms with Crippen LogP contribution in [0.3, 0.4) is 0 Å². The van der Waals surface area contributed by atoms with E-state index in [1.165, 1.54) is 14.0 Å². The maximum atomic E-state index is 12.3. The summed E-state index contributed by atoms with van der Waals surface area (Å²) in [4.78, 5) is 10.8. The monoisotopic (exact) mass is 301 g/mol. The molecule has 0 saturated carbocycles. The lowest BCUT2D eigenvalue weighted by atomic mass is 10.1. The van der Waals surface area contributed by atoms with Gasteiger partial charge in [0.25, 0.3) is 0 Å². The molecule has 1 aromatic rings. The summed E-state index contributed by atoms with van der Waals surface area (Å²) in [6.07, 6.45) is -0.270. The number of carbonyl (C=O) groups is 1. The van der Waals surface area contributed by atoms with Crippen molar-refractivity contribution in [3.05, 3.63) is 23.3 Å². The van der Waals surface area contributed by atoms with E-state index in [1.807, 2.05) is 0 Å². The molecule has 1 unspecified atom stereocenters. The molecule has 112 valence electrons. The molecule has 0 bridgehead atoms. The molecule has 6 nitrogen and oxygen atoms in total. The molecule has 20 heavy (non-hydrogen) atoms. The lowest BCUT2D eigenvalue weighted by Gasteiger charge is -2.16. The van der Waals surface area contributed by atoms with Gasteiger partial charge in [0, 0.05) is 6.04 Å². The first-order valence-corrected chi connectivity index (χ1v) is 7.55. The van der Waals surface area contributed by atoms with Crippen molar-refractivity contribution in [3.63, 3.8) is 0 Å². The zero-order valence-electron chi connectivity index (χ0n) is 11.9. The van der Waals surface area contributed by atoms with Gasteiger partial charge >= 0.3 is 5.97 Å². The van der Waals surface area contributed by atoms with Gasteiger partial charge in [0.2, 0.25) is 10.0 Å². The van der Waals surface area contributed by atoms with Crippen LogP contribution < -0.4 is 9.46 Å². The number of sulfonamides is 1. The predicted molar refractivity (Wildman–Crippen MR) is 74.5 cm³/mol. The number of methoxy groups -OCH3 is 1. The van der Waals surface area contributed by atoms with Crippen LogP contribution in [-0.2, 0) is 14.8 Å². The lowest BCUT2D eigenvalue weighted by Crippen LogP contribution is -2.35. The van der Waals surface area contributed by atoms with Crippen LogP contribution in [0.15, 0.2) is 17.0 Å². The first kappa shape index (κ1) is 16.5.